The van der Waals surface area contributed by atoms with E-state index < -0.39 is 0 Å². The van der Waals surface area contributed by atoms with Crippen molar-refractivity contribution < 1.29 is 0 Å². The van der Waals surface area contributed by atoms with Crippen molar-refractivity contribution in [1.82, 2.24) is 4.98 Å². The summed E-state index contributed by atoms with van der Waals surface area (Å²) in [5, 5.41) is 2.47. The van der Waals surface area contributed by atoms with Crippen molar-refractivity contribution in [2.24, 2.45) is 0 Å². The zero-order chi connectivity index (χ0) is 18.4. The van der Waals surface area contributed by atoms with Crippen LogP contribution in [0.4, 0.5) is 0 Å². The summed E-state index contributed by atoms with van der Waals surface area (Å²) in [4.78, 5) is 4.92. The first-order valence-corrected chi connectivity index (χ1v) is 9.08. The lowest BCUT2D eigenvalue weighted by Crippen LogP contribution is -2.17. The highest BCUT2D eigenvalue weighted by Crippen LogP contribution is 2.35. The average molecular weight is 329 g/mol. The van der Waals surface area contributed by atoms with E-state index in [2.05, 4.69) is 97.9 Å². The number of rotatable bonds is 1. The molecule has 0 spiro atoms. The topological polar surface area (TPSA) is 12.9 Å². The molecule has 1 heterocycles. The molecule has 25 heavy (non-hydrogen) atoms. The summed E-state index contributed by atoms with van der Waals surface area (Å²) < 4.78 is 0. The van der Waals surface area contributed by atoms with E-state index in [0.29, 0.717) is 0 Å². The third-order valence-electron chi connectivity index (χ3n) is 4.81. The highest BCUT2D eigenvalue weighted by molar-refractivity contribution is 6.32. The lowest BCUT2D eigenvalue weighted by atomic mass is 9.79. The molecule has 0 N–H and O–H groups in total. The minimum absolute atomic E-state index is 0.107. The van der Waals surface area contributed by atoms with Gasteiger partial charge < -0.3 is 0 Å². The van der Waals surface area contributed by atoms with Gasteiger partial charge in [-0.1, -0.05) is 71.9 Å². The highest BCUT2D eigenvalue weighted by Gasteiger charge is 2.21. The average Bonchev–Trinajstić information content (AvgIpc) is 2.52. The third kappa shape index (κ3) is 3.63. The zero-order valence-corrected chi connectivity index (χ0v) is 16.6. The van der Waals surface area contributed by atoms with Crippen LogP contribution in [0, 0.1) is 0 Å². The SMILES string of the molecule is Bc1cc2ccccc2c(-c2cc(C(C)(C)C)cc(C(C)(C)C)c2)n1. The van der Waals surface area contributed by atoms with Crippen LogP contribution in [0.25, 0.3) is 22.0 Å². The molecule has 1 nitrogen and oxygen atoms in total. The summed E-state index contributed by atoms with van der Waals surface area (Å²) in [5.41, 5.74) is 6.31. The van der Waals surface area contributed by atoms with Gasteiger partial charge >= 0.3 is 0 Å². The van der Waals surface area contributed by atoms with Crippen LogP contribution in [0.3, 0.4) is 0 Å². The van der Waals surface area contributed by atoms with Crippen molar-refractivity contribution in [3.8, 4) is 11.3 Å². The van der Waals surface area contributed by atoms with Crippen LogP contribution in [-0.4, -0.2) is 12.8 Å². The molecule has 0 aliphatic heterocycles. The summed E-state index contributed by atoms with van der Waals surface area (Å²) in [6.07, 6.45) is 0. The number of nitrogens with zero attached hydrogens (tertiary/aromatic N) is 1. The van der Waals surface area contributed by atoms with E-state index in [1.54, 1.807) is 0 Å². The Kier molecular flexibility index (Phi) is 4.27. The first kappa shape index (κ1) is 17.7. The van der Waals surface area contributed by atoms with Gasteiger partial charge in [-0.3, -0.25) is 4.98 Å². The fourth-order valence-corrected chi connectivity index (χ4v) is 3.18. The Balaban J connectivity index is 2.34. The Morgan fingerprint density at radius 3 is 1.88 bits per heavy atom. The van der Waals surface area contributed by atoms with E-state index in [0.717, 1.165) is 11.3 Å². The number of fused-ring (bicyclic) bond motifs is 1. The second kappa shape index (κ2) is 6.02. The molecule has 0 aliphatic rings. The molecule has 0 radical (unpaired) electrons. The lowest BCUT2D eigenvalue weighted by molar-refractivity contribution is 0.569. The molecule has 2 aromatic carbocycles. The first-order chi connectivity index (χ1) is 11.6. The molecule has 0 fully saturated rings. The molecular formula is C23H28BN. The molecule has 0 atom stereocenters. The first-order valence-electron chi connectivity index (χ1n) is 9.08. The smallest absolute Gasteiger partial charge is 0.163 e. The van der Waals surface area contributed by atoms with Gasteiger partial charge in [-0.25, -0.2) is 0 Å². The van der Waals surface area contributed by atoms with Crippen molar-refractivity contribution >= 4 is 24.2 Å². The second-order valence-corrected chi connectivity index (χ2v) is 9.13. The maximum Gasteiger partial charge on any atom is 0.163 e. The molecule has 3 aromatic rings. The number of hydrogen-bond acceptors (Lipinski definition) is 1. The lowest BCUT2D eigenvalue weighted by Gasteiger charge is -2.26. The summed E-state index contributed by atoms with van der Waals surface area (Å²) in [6, 6.07) is 17.7. The van der Waals surface area contributed by atoms with Gasteiger partial charge in [0, 0.05) is 10.9 Å². The Morgan fingerprint density at radius 1 is 0.760 bits per heavy atom. The largest absolute Gasteiger partial charge is 0.263 e. The number of pyridine rings is 1. The summed E-state index contributed by atoms with van der Waals surface area (Å²) in [5.74, 6) is 0. The van der Waals surface area contributed by atoms with E-state index in [-0.39, 0.29) is 10.8 Å². The van der Waals surface area contributed by atoms with Crippen molar-refractivity contribution in [2.45, 2.75) is 52.4 Å². The van der Waals surface area contributed by atoms with Gasteiger partial charge in [-0.05, 0) is 51.1 Å². The molecule has 1 aromatic heterocycles. The molecule has 128 valence electrons. The maximum absolute atomic E-state index is 4.92. The van der Waals surface area contributed by atoms with E-state index >= 15 is 0 Å². The fraction of sp³-hybridized carbons (Fsp3) is 0.348. The van der Waals surface area contributed by atoms with Crippen molar-refractivity contribution in [1.29, 1.82) is 0 Å². The van der Waals surface area contributed by atoms with E-state index in [9.17, 15) is 0 Å². The van der Waals surface area contributed by atoms with Gasteiger partial charge in [-0.15, -0.1) is 0 Å². The molecule has 0 amide bonds. The Hall–Kier alpha value is -2.09. The van der Waals surface area contributed by atoms with Crippen LogP contribution in [0.5, 0.6) is 0 Å². The third-order valence-corrected chi connectivity index (χ3v) is 4.81. The molecule has 0 saturated carbocycles. The Labute approximate surface area is 152 Å². The van der Waals surface area contributed by atoms with Crippen LogP contribution in [0.1, 0.15) is 52.7 Å². The molecule has 0 unspecified atom stereocenters. The van der Waals surface area contributed by atoms with Gasteiger partial charge in [0.2, 0.25) is 0 Å². The minimum atomic E-state index is 0.107. The van der Waals surface area contributed by atoms with Crippen molar-refractivity contribution in [2.75, 3.05) is 0 Å². The van der Waals surface area contributed by atoms with Crippen LogP contribution in [0.2, 0.25) is 0 Å². The number of hydrogen-bond donors (Lipinski definition) is 0. The predicted octanol–water partition coefficient (Wildman–Crippen LogP) is 4.76. The van der Waals surface area contributed by atoms with Gasteiger partial charge in [0.25, 0.3) is 0 Å². The van der Waals surface area contributed by atoms with Crippen molar-refractivity contribution in [3.63, 3.8) is 0 Å². The highest BCUT2D eigenvalue weighted by atomic mass is 14.7. The molecule has 3 rings (SSSR count). The van der Waals surface area contributed by atoms with Gasteiger partial charge in [-0.2, -0.15) is 0 Å². The predicted molar refractivity (Wildman–Crippen MR) is 113 cm³/mol. The van der Waals surface area contributed by atoms with Crippen LogP contribution < -0.4 is 5.59 Å². The summed E-state index contributed by atoms with van der Waals surface area (Å²) in [7, 11) is 2.08. The number of aromatic nitrogens is 1. The fourth-order valence-electron chi connectivity index (χ4n) is 3.18. The standard InChI is InChI=1S/C23H28BN/c1-22(2,3)17-11-16(12-18(14-17)23(4,5)6)21-19-10-8-7-9-15(19)13-20(24)25-21/h7-14H,24H2,1-6H3. The Bertz CT molecular complexity index is 895. The summed E-state index contributed by atoms with van der Waals surface area (Å²) in [6.45, 7) is 13.7. The zero-order valence-electron chi connectivity index (χ0n) is 16.6. The van der Waals surface area contributed by atoms with Gasteiger partial charge in [0.05, 0.1) is 5.69 Å². The molecular weight excluding hydrogens is 301 g/mol. The quantitative estimate of drug-likeness (QED) is 0.587. The number of benzene rings is 2. The summed E-state index contributed by atoms with van der Waals surface area (Å²) >= 11 is 0. The van der Waals surface area contributed by atoms with E-state index in [1.165, 1.54) is 27.5 Å². The van der Waals surface area contributed by atoms with Gasteiger partial charge in [0.1, 0.15) is 0 Å². The second-order valence-electron chi connectivity index (χ2n) is 9.13. The van der Waals surface area contributed by atoms with Crippen LogP contribution in [0.15, 0.2) is 48.5 Å². The van der Waals surface area contributed by atoms with Crippen LogP contribution in [-0.2, 0) is 10.8 Å². The monoisotopic (exact) mass is 329 g/mol. The minimum Gasteiger partial charge on any atom is -0.263 e. The van der Waals surface area contributed by atoms with Crippen LogP contribution >= 0.6 is 0 Å². The maximum atomic E-state index is 4.92. The Morgan fingerprint density at radius 2 is 1.32 bits per heavy atom. The van der Waals surface area contributed by atoms with Gasteiger partial charge in [0.15, 0.2) is 7.85 Å². The normalized spacial score (nSPS) is 12.6. The van der Waals surface area contributed by atoms with E-state index in [1.807, 2.05) is 0 Å². The van der Waals surface area contributed by atoms with Crippen molar-refractivity contribution in [3.05, 3.63) is 59.7 Å². The molecule has 0 bridgehead atoms. The van der Waals surface area contributed by atoms with E-state index in [4.69, 9.17) is 4.98 Å². The molecule has 0 saturated heterocycles. The molecule has 0 aliphatic carbocycles. The molecule has 2 heteroatoms.